The molecule has 0 spiro atoms. The molecule has 0 radical (unpaired) electrons. The summed E-state index contributed by atoms with van der Waals surface area (Å²) in [6.07, 6.45) is 1.13. The lowest BCUT2D eigenvalue weighted by atomic mass is 9.98. The van der Waals surface area contributed by atoms with Crippen molar-refractivity contribution in [3.63, 3.8) is 0 Å². The number of nitrogens with zero attached hydrogens (tertiary/aromatic N) is 1. The van der Waals surface area contributed by atoms with Gasteiger partial charge in [0, 0.05) is 32.7 Å². The van der Waals surface area contributed by atoms with Crippen LogP contribution in [0.2, 0.25) is 0 Å². The molecule has 0 bridgehead atoms. The van der Waals surface area contributed by atoms with Crippen LogP contribution in [0.4, 0.5) is 5.69 Å². The van der Waals surface area contributed by atoms with Crippen molar-refractivity contribution in [2.45, 2.75) is 19.6 Å². The number of aliphatic imine (C=N–C) groups is 1. The third kappa shape index (κ3) is 3.20. The lowest BCUT2D eigenvalue weighted by Gasteiger charge is -2.30. The molecule has 26 heavy (non-hydrogen) atoms. The summed E-state index contributed by atoms with van der Waals surface area (Å²) in [5, 5.41) is 3.26. The highest BCUT2D eigenvalue weighted by molar-refractivity contribution is 7.92. The second kappa shape index (κ2) is 5.82. The van der Waals surface area contributed by atoms with E-state index in [-0.39, 0.29) is 0 Å². The molecule has 1 N–H and O–H groups in total. The second-order valence-corrected chi connectivity index (χ2v) is 9.40. The minimum absolute atomic E-state index is 0.471. The van der Waals surface area contributed by atoms with Gasteiger partial charge in [-0.2, -0.15) is 0 Å². The Morgan fingerprint density at radius 3 is 2.65 bits per heavy atom. The van der Waals surface area contributed by atoms with E-state index in [0.29, 0.717) is 11.4 Å². The van der Waals surface area contributed by atoms with Crippen LogP contribution in [0.25, 0.3) is 10.1 Å². The Morgan fingerprint density at radius 1 is 1.12 bits per heavy atom. The maximum Gasteiger partial charge on any atom is 0.229 e. The number of sulfonamides is 1. The van der Waals surface area contributed by atoms with Crippen LogP contribution in [0.15, 0.2) is 52.8 Å². The Morgan fingerprint density at radius 2 is 1.88 bits per heavy atom. The van der Waals surface area contributed by atoms with Crippen LogP contribution in [-0.4, -0.2) is 26.1 Å². The molecule has 134 valence electrons. The van der Waals surface area contributed by atoms with Gasteiger partial charge in [-0.15, -0.1) is 11.3 Å². The fraction of sp³-hybridized carbons (Fsp3) is 0.211. The summed E-state index contributed by atoms with van der Waals surface area (Å²) in [5.41, 5.74) is 2.51. The smallest absolute Gasteiger partial charge is 0.229 e. The van der Waals surface area contributed by atoms with Gasteiger partial charge in [-0.3, -0.25) is 4.72 Å². The fourth-order valence-electron chi connectivity index (χ4n) is 3.07. The zero-order chi connectivity index (χ0) is 18.5. The average molecular weight is 386 g/mol. The second-order valence-electron chi connectivity index (χ2n) is 6.74. The first-order valence-electron chi connectivity index (χ1n) is 8.10. The zero-order valence-electron chi connectivity index (χ0n) is 14.6. The minimum Gasteiger partial charge on any atom is -0.466 e. The van der Waals surface area contributed by atoms with Crippen molar-refractivity contribution >= 4 is 42.8 Å². The number of hydrogen-bond acceptors (Lipinski definition) is 5. The van der Waals surface area contributed by atoms with Crippen molar-refractivity contribution < 1.29 is 13.2 Å². The normalized spacial score (nSPS) is 15.9. The van der Waals surface area contributed by atoms with Crippen LogP contribution in [0.3, 0.4) is 0 Å². The van der Waals surface area contributed by atoms with Crippen molar-refractivity contribution in [2.75, 3.05) is 11.0 Å². The highest BCUT2D eigenvalue weighted by atomic mass is 32.2. The van der Waals surface area contributed by atoms with Gasteiger partial charge in [0.2, 0.25) is 10.0 Å². The largest absolute Gasteiger partial charge is 0.466 e. The lowest BCUT2D eigenvalue weighted by molar-refractivity contribution is 0.115. The molecule has 0 fully saturated rings. The van der Waals surface area contributed by atoms with Crippen LogP contribution in [-0.2, 0) is 10.0 Å². The minimum atomic E-state index is -3.35. The van der Waals surface area contributed by atoms with E-state index >= 15 is 0 Å². The Hall–Kier alpha value is -2.38. The molecule has 0 saturated heterocycles. The highest BCUT2D eigenvalue weighted by Crippen LogP contribution is 2.37. The van der Waals surface area contributed by atoms with E-state index in [1.165, 1.54) is 4.70 Å². The maximum absolute atomic E-state index is 11.5. The summed E-state index contributed by atoms with van der Waals surface area (Å²) in [5.74, 6) is 0.615. The van der Waals surface area contributed by atoms with E-state index in [1.807, 2.05) is 32.0 Å². The standard InChI is InChI=1S/C19H18N2O3S2/c1-19(2)20-18(15-11-25-17-7-5-4-6-13(15)17)14-9-8-12(10-16(14)24-19)21-26(3,22)23/h4-11,21H,1-3H3. The van der Waals surface area contributed by atoms with E-state index in [2.05, 4.69) is 22.2 Å². The number of hydrogen-bond donors (Lipinski definition) is 1. The molecule has 0 amide bonds. The lowest BCUT2D eigenvalue weighted by Crippen LogP contribution is -2.32. The van der Waals surface area contributed by atoms with Crippen molar-refractivity contribution in [2.24, 2.45) is 4.99 Å². The Bertz CT molecular complexity index is 1140. The van der Waals surface area contributed by atoms with Gasteiger partial charge in [0.05, 0.1) is 17.7 Å². The Balaban J connectivity index is 1.87. The van der Waals surface area contributed by atoms with Gasteiger partial charge < -0.3 is 4.74 Å². The monoisotopic (exact) mass is 386 g/mol. The van der Waals surface area contributed by atoms with Crippen molar-refractivity contribution in [3.8, 4) is 5.75 Å². The first-order chi connectivity index (χ1) is 12.2. The van der Waals surface area contributed by atoms with E-state index in [4.69, 9.17) is 9.73 Å². The van der Waals surface area contributed by atoms with Gasteiger partial charge in [-0.25, -0.2) is 13.4 Å². The zero-order valence-corrected chi connectivity index (χ0v) is 16.2. The van der Waals surface area contributed by atoms with Crippen LogP contribution in [0, 0.1) is 0 Å². The summed E-state index contributed by atoms with van der Waals surface area (Å²) in [6, 6.07) is 13.5. The summed E-state index contributed by atoms with van der Waals surface area (Å²) in [7, 11) is -3.35. The first kappa shape index (κ1) is 17.1. The van der Waals surface area contributed by atoms with Crippen LogP contribution < -0.4 is 9.46 Å². The molecule has 1 aliphatic heterocycles. The molecule has 0 aliphatic carbocycles. The molecule has 0 atom stereocenters. The number of anilines is 1. The SMILES string of the molecule is CC1(C)N=C(c2csc3ccccc23)c2ccc(NS(C)(=O)=O)cc2O1. The Labute approximate surface area is 156 Å². The summed E-state index contributed by atoms with van der Waals surface area (Å²) >= 11 is 1.68. The number of ether oxygens (including phenoxy) is 1. The quantitative estimate of drug-likeness (QED) is 0.732. The van der Waals surface area contributed by atoms with E-state index < -0.39 is 15.7 Å². The molecule has 7 heteroatoms. The number of thiophene rings is 1. The van der Waals surface area contributed by atoms with Crippen molar-refractivity contribution in [1.82, 2.24) is 0 Å². The number of benzene rings is 2. The average Bonchev–Trinajstić information content (AvgIpc) is 2.95. The van der Waals surface area contributed by atoms with Crippen LogP contribution >= 0.6 is 11.3 Å². The van der Waals surface area contributed by atoms with E-state index in [9.17, 15) is 8.42 Å². The molecule has 4 rings (SSSR count). The molecular weight excluding hydrogens is 368 g/mol. The van der Waals surface area contributed by atoms with Crippen LogP contribution in [0.5, 0.6) is 5.75 Å². The predicted octanol–water partition coefficient (Wildman–Crippen LogP) is 4.24. The molecule has 2 heterocycles. The van der Waals surface area contributed by atoms with E-state index in [0.717, 1.165) is 28.5 Å². The van der Waals surface area contributed by atoms with Gasteiger partial charge in [-0.05, 0) is 32.0 Å². The molecule has 2 aromatic carbocycles. The summed E-state index contributed by atoms with van der Waals surface area (Å²) in [4.78, 5) is 4.81. The third-order valence-corrected chi connectivity index (χ3v) is 5.59. The summed E-state index contributed by atoms with van der Waals surface area (Å²) in [6.45, 7) is 3.78. The molecular formula is C19H18N2O3S2. The van der Waals surface area contributed by atoms with Crippen molar-refractivity contribution in [3.05, 3.63) is 59.0 Å². The molecule has 1 aromatic heterocycles. The fourth-order valence-corrected chi connectivity index (χ4v) is 4.57. The van der Waals surface area contributed by atoms with Gasteiger partial charge >= 0.3 is 0 Å². The summed E-state index contributed by atoms with van der Waals surface area (Å²) < 4.78 is 32.7. The van der Waals surface area contributed by atoms with Gasteiger partial charge in [0.15, 0.2) is 5.72 Å². The third-order valence-electron chi connectivity index (χ3n) is 4.02. The molecule has 0 saturated carbocycles. The maximum atomic E-state index is 11.5. The number of fused-ring (bicyclic) bond motifs is 2. The van der Waals surface area contributed by atoms with Crippen LogP contribution in [0.1, 0.15) is 25.0 Å². The number of nitrogens with one attached hydrogen (secondary N) is 1. The molecule has 0 unspecified atom stereocenters. The predicted molar refractivity (Wildman–Crippen MR) is 107 cm³/mol. The molecule has 5 nitrogen and oxygen atoms in total. The van der Waals surface area contributed by atoms with E-state index in [1.54, 1.807) is 23.5 Å². The molecule has 1 aliphatic rings. The van der Waals surface area contributed by atoms with Gasteiger partial charge in [-0.1, -0.05) is 18.2 Å². The van der Waals surface area contributed by atoms with Gasteiger partial charge in [0.1, 0.15) is 5.75 Å². The molecule has 3 aromatic rings. The van der Waals surface area contributed by atoms with Gasteiger partial charge in [0.25, 0.3) is 0 Å². The number of rotatable bonds is 3. The topological polar surface area (TPSA) is 67.8 Å². The highest BCUT2D eigenvalue weighted by Gasteiger charge is 2.30. The van der Waals surface area contributed by atoms with Crippen molar-refractivity contribution in [1.29, 1.82) is 0 Å². The Kier molecular flexibility index (Phi) is 3.82. The first-order valence-corrected chi connectivity index (χ1v) is 10.9.